The van der Waals surface area contributed by atoms with Crippen LogP contribution in [-0.4, -0.2) is 88.9 Å². The summed E-state index contributed by atoms with van der Waals surface area (Å²) in [6.45, 7) is 13.0. The zero-order valence-corrected chi connectivity index (χ0v) is 23.1. The van der Waals surface area contributed by atoms with E-state index in [0.29, 0.717) is 31.4 Å². The molecule has 11 heteroatoms. The minimum Gasteiger partial charge on any atom is -0.486 e. The van der Waals surface area contributed by atoms with Crippen molar-refractivity contribution in [3.63, 3.8) is 0 Å². The normalized spacial score (nSPS) is 25.3. The van der Waals surface area contributed by atoms with Crippen molar-refractivity contribution < 1.29 is 38.0 Å². The van der Waals surface area contributed by atoms with Gasteiger partial charge in [-0.3, -0.25) is 0 Å². The first kappa shape index (κ1) is 29.3. The van der Waals surface area contributed by atoms with Gasteiger partial charge in [0.2, 0.25) is 0 Å². The molecule has 3 fully saturated rings. The van der Waals surface area contributed by atoms with Crippen molar-refractivity contribution in [2.75, 3.05) is 26.2 Å². The van der Waals surface area contributed by atoms with Crippen molar-refractivity contribution >= 4 is 23.8 Å². The fourth-order valence-electron chi connectivity index (χ4n) is 3.95. The lowest BCUT2D eigenvalue weighted by Crippen LogP contribution is -2.52. The topological polar surface area (TPSA) is 101 Å². The Kier molecular flexibility index (Phi) is 9.18. The van der Waals surface area contributed by atoms with Crippen LogP contribution in [0.25, 0.3) is 0 Å². The minimum atomic E-state index is -0.877. The van der Waals surface area contributed by atoms with Gasteiger partial charge in [0.05, 0.1) is 24.2 Å². The standard InChI is InChI=1S/C16H21ClFNO4.C10H17NO3/c1-16(2,3)23-15(21)19-7-6-14(12(20)9-19)22-13-5-4-10(18)8-11(13)17;1-10(2,3)14-9(12)11-5-4-7-8(6-11)13-7/h4-5,8,12,14,20H,6-7,9H2,1-3H3;7-8H,4-6H2,1-3H3/t12-,14-;7-,8+/m11/s1. The highest BCUT2D eigenvalue weighted by atomic mass is 35.5. The van der Waals surface area contributed by atoms with E-state index in [2.05, 4.69) is 0 Å². The fourth-order valence-corrected chi connectivity index (χ4v) is 4.16. The monoisotopic (exact) mass is 544 g/mol. The zero-order chi connectivity index (χ0) is 27.5. The predicted molar refractivity (Wildman–Crippen MR) is 135 cm³/mol. The number of β-amino-alcohol motifs (C(OH)–C–C–N with tert-alkyl or cyclic N) is 1. The summed E-state index contributed by atoms with van der Waals surface area (Å²) in [5, 5.41) is 10.3. The average Bonchev–Trinajstić information content (AvgIpc) is 3.54. The Balaban J connectivity index is 0.000000231. The summed E-state index contributed by atoms with van der Waals surface area (Å²) in [4.78, 5) is 26.8. The highest BCUT2D eigenvalue weighted by Crippen LogP contribution is 2.31. The number of aliphatic hydroxyl groups is 1. The van der Waals surface area contributed by atoms with Crippen LogP contribution in [0.3, 0.4) is 0 Å². The number of aliphatic hydroxyl groups excluding tert-OH is 1. The van der Waals surface area contributed by atoms with Gasteiger partial charge in [-0.05, 0) is 66.2 Å². The van der Waals surface area contributed by atoms with E-state index in [0.717, 1.165) is 19.0 Å². The Morgan fingerprint density at radius 2 is 1.54 bits per heavy atom. The molecule has 0 bridgehead atoms. The van der Waals surface area contributed by atoms with Crippen molar-refractivity contribution in [1.82, 2.24) is 9.80 Å². The molecule has 0 unspecified atom stereocenters. The molecule has 37 heavy (non-hydrogen) atoms. The van der Waals surface area contributed by atoms with Crippen molar-refractivity contribution in [1.29, 1.82) is 0 Å². The van der Waals surface area contributed by atoms with Crippen LogP contribution in [0.5, 0.6) is 5.75 Å². The van der Waals surface area contributed by atoms with Crippen LogP contribution in [0.2, 0.25) is 5.02 Å². The van der Waals surface area contributed by atoms with Gasteiger partial charge in [0, 0.05) is 19.5 Å². The summed E-state index contributed by atoms with van der Waals surface area (Å²) < 4.78 is 34.6. The maximum Gasteiger partial charge on any atom is 0.410 e. The Labute approximate surface area is 222 Å². The molecule has 0 aromatic heterocycles. The van der Waals surface area contributed by atoms with Crippen LogP contribution in [0.15, 0.2) is 18.2 Å². The number of piperidine rings is 2. The molecule has 0 radical (unpaired) electrons. The lowest BCUT2D eigenvalue weighted by Gasteiger charge is -2.36. The second-order valence-electron chi connectivity index (χ2n) is 11.4. The van der Waals surface area contributed by atoms with Crippen LogP contribution >= 0.6 is 11.6 Å². The molecule has 3 aliphatic heterocycles. The average molecular weight is 545 g/mol. The molecule has 3 heterocycles. The summed E-state index contributed by atoms with van der Waals surface area (Å²) in [5.74, 6) is -0.148. The molecule has 0 aliphatic carbocycles. The molecule has 1 N–H and O–H groups in total. The molecular weight excluding hydrogens is 507 g/mol. The highest BCUT2D eigenvalue weighted by molar-refractivity contribution is 6.32. The van der Waals surface area contributed by atoms with E-state index in [1.807, 2.05) is 20.8 Å². The van der Waals surface area contributed by atoms with Gasteiger partial charge in [0.15, 0.2) is 0 Å². The minimum absolute atomic E-state index is 0.110. The van der Waals surface area contributed by atoms with E-state index in [1.54, 1.807) is 25.7 Å². The maximum absolute atomic E-state index is 13.0. The lowest BCUT2D eigenvalue weighted by molar-refractivity contribution is -0.0374. The molecule has 9 nitrogen and oxygen atoms in total. The first-order valence-electron chi connectivity index (χ1n) is 12.5. The number of benzene rings is 1. The predicted octanol–water partition coefficient (Wildman–Crippen LogP) is 4.62. The van der Waals surface area contributed by atoms with E-state index < -0.39 is 35.3 Å². The van der Waals surface area contributed by atoms with E-state index in [1.165, 1.54) is 17.0 Å². The maximum atomic E-state index is 13.0. The van der Waals surface area contributed by atoms with E-state index >= 15 is 0 Å². The van der Waals surface area contributed by atoms with Crippen LogP contribution in [-0.2, 0) is 14.2 Å². The number of hydrogen-bond acceptors (Lipinski definition) is 7. The highest BCUT2D eigenvalue weighted by Gasteiger charge is 2.45. The SMILES string of the molecule is CC(C)(C)OC(=O)N1CC[C@@H](Oc2ccc(F)cc2Cl)[C@H](O)C1.CC(C)(C)OC(=O)N1CC[C@H]2O[C@H]2C1. The number of fused-ring (bicyclic) bond motifs is 1. The second-order valence-corrected chi connectivity index (χ2v) is 11.8. The molecule has 1 aromatic rings. The Morgan fingerprint density at radius 3 is 2.05 bits per heavy atom. The Morgan fingerprint density at radius 1 is 0.973 bits per heavy atom. The number of nitrogens with zero attached hydrogens (tertiary/aromatic N) is 2. The largest absolute Gasteiger partial charge is 0.486 e. The van der Waals surface area contributed by atoms with E-state index in [-0.39, 0.29) is 23.8 Å². The summed E-state index contributed by atoms with van der Waals surface area (Å²) >= 11 is 5.92. The number of carbonyl (C=O) groups is 2. The smallest absolute Gasteiger partial charge is 0.410 e. The third-order valence-electron chi connectivity index (χ3n) is 5.77. The third-order valence-corrected chi connectivity index (χ3v) is 6.06. The van der Waals surface area contributed by atoms with Crippen molar-refractivity contribution in [2.45, 2.75) is 90.0 Å². The summed E-state index contributed by atoms with van der Waals surface area (Å²) in [5.41, 5.74) is -0.991. The fraction of sp³-hybridized carbons (Fsp3) is 0.692. The van der Waals surface area contributed by atoms with Gasteiger partial charge in [0.1, 0.15) is 41.1 Å². The first-order chi connectivity index (χ1) is 17.1. The van der Waals surface area contributed by atoms with Crippen molar-refractivity contribution in [3.8, 4) is 5.75 Å². The summed E-state index contributed by atoms with van der Waals surface area (Å²) in [7, 11) is 0. The molecule has 3 saturated heterocycles. The molecule has 3 aliphatic rings. The number of carbonyl (C=O) groups excluding carboxylic acids is 2. The van der Waals surface area contributed by atoms with Gasteiger partial charge in [-0.25, -0.2) is 14.0 Å². The number of ether oxygens (including phenoxy) is 4. The van der Waals surface area contributed by atoms with E-state index in [4.69, 9.17) is 30.5 Å². The molecule has 1 aromatic carbocycles. The number of rotatable bonds is 2. The van der Waals surface area contributed by atoms with Gasteiger partial charge in [-0.2, -0.15) is 0 Å². The van der Waals surface area contributed by atoms with Crippen molar-refractivity contribution in [2.24, 2.45) is 0 Å². The quantitative estimate of drug-likeness (QED) is 0.542. The zero-order valence-electron chi connectivity index (χ0n) is 22.3. The Bertz CT molecular complexity index is 965. The van der Waals surface area contributed by atoms with Crippen molar-refractivity contribution in [3.05, 3.63) is 29.0 Å². The van der Waals surface area contributed by atoms with Gasteiger partial charge in [0.25, 0.3) is 0 Å². The van der Waals surface area contributed by atoms with Gasteiger partial charge >= 0.3 is 12.2 Å². The summed E-state index contributed by atoms with van der Waals surface area (Å²) in [6.07, 6.45) is -0.0156. The molecular formula is C26H38ClFN2O7. The number of epoxide rings is 1. The molecule has 4 rings (SSSR count). The summed E-state index contributed by atoms with van der Waals surface area (Å²) in [6, 6.07) is 3.81. The Hall–Kier alpha value is -2.30. The van der Waals surface area contributed by atoms with Crippen LogP contribution in [0.4, 0.5) is 14.0 Å². The first-order valence-corrected chi connectivity index (χ1v) is 12.9. The molecule has 0 saturated carbocycles. The molecule has 2 amide bonds. The molecule has 4 atom stereocenters. The third kappa shape index (κ3) is 9.19. The lowest BCUT2D eigenvalue weighted by atomic mass is 10.1. The van der Waals surface area contributed by atoms with Gasteiger partial charge < -0.3 is 33.9 Å². The molecule has 208 valence electrons. The second kappa shape index (κ2) is 11.6. The number of likely N-dealkylation sites (tertiary alicyclic amines) is 2. The van der Waals surface area contributed by atoms with Gasteiger partial charge in [-0.15, -0.1) is 0 Å². The van der Waals surface area contributed by atoms with E-state index in [9.17, 15) is 19.1 Å². The number of amides is 2. The number of halogens is 2. The van der Waals surface area contributed by atoms with Crippen LogP contribution in [0.1, 0.15) is 54.4 Å². The van der Waals surface area contributed by atoms with Crippen LogP contribution in [0, 0.1) is 5.82 Å². The van der Waals surface area contributed by atoms with Crippen LogP contribution < -0.4 is 4.74 Å². The van der Waals surface area contributed by atoms with Gasteiger partial charge in [-0.1, -0.05) is 11.6 Å². The molecule has 0 spiro atoms. The number of hydrogen-bond donors (Lipinski definition) is 1.